The Morgan fingerprint density at radius 2 is 1.80 bits per heavy atom. The third kappa shape index (κ3) is 3.15. The van der Waals surface area contributed by atoms with Crippen LogP contribution in [0.15, 0.2) is 36.4 Å². The Morgan fingerprint density at radius 3 is 2.50 bits per heavy atom. The van der Waals surface area contributed by atoms with E-state index in [-0.39, 0.29) is 5.91 Å². The standard InChI is InChI=1S/C14H12Cl2N2O2/c1-20-13-5-3-9(16)7-12(13)18-14(19)10-6-8(15)2-4-11(10)17/h2-7H,17H2,1H3,(H,18,19). The number of anilines is 2. The van der Waals surface area contributed by atoms with E-state index >= 15 is 0 Å². The van der Waals surface area contributed by atoms with Crippen LogP contribution >= 0.6 is 23.2 Å². The summed E-state index contributed by atoms with van der Waals surface area (Å²) in [7, 11) is 1.51. The third-order valence-corrected chi connectivity index (χ3v) is 3.14. The van der Waals surface area contributed by atoms with Crippen molar-refractivity contribution < 1.29 is 9.53 Å². The smallest absolute Gasteiger partial charge is 0.257 e. The SMILES string of the molecule is COc1ccc(Cl)cc1NC(=O)c1cc(Cl)ccc1N. The first-order chi connectivity index (χ1) is 9.51. The van der Waals surface area contributed by atoms with E-state index in [9.17, 15) is 4.79 Å². The molecular formula is C14H12Cl2N2O2. The molecule has 0 heterocycles. The van der Waals surface area contributed by atoms with Gasteiger partial charge in [-0.3, -0.25) is 4.79 Å². The number of carbonyl (C=O) groups is 1. The molecule has 0 unspecified atom stereocenters. The Morgan fingerprint density at radius 1 is 1.15 bits per heavy atom. The third-order valence-electron chi connectivity index (χ3n) is 2.67. The monoisotopic (exact) mass is 310 g/mol. The average molecular weight is 311 g/mol. The first-order valence-electron chi connectivity index (χ1n) is 5.71. The predicted molar refractivity (Wildman–Crippen MR) is 81.8 cm³/mol. The van der Waals surface area contributed by atoms with E-state index < -0.39 is 0 Å². The van der Waals surface area contributed by atoms with Crippen molar-refractivity contribution >= 4 is 40.5 Å². The lowest BCUT2D eigenvalue weighted by Gasteiger charge is -2.11. The van der Waals surface area contributed by atoms with Gasteiger partial charge in [-0.1, -0.05) is 23.2 Å². The molecule has 3 N–H and O–H groups in total. The minimum atomic E-state index is -0.384. The second-order valence-electron chi connectivity index (χ2n) is 4.03. The molecule has 0 aromatic heterocycles. The molecule has 2 aromatic carbocycles. The first kappa shape index (κ1) is 14.5. The van der Waals surface area contributed by atoms with Crippen LogP contribution < -0.4 is 15.8 Å². The highest BCUT2D eigenvalue weighted by Crippen LogP contribution is 2.29. The maximum Gasteiger partial charge on any atom is 0.257 e. The van der Waals surface area contributed by atoms with E-state index in [1.165, 1.54) is 13.2 Å². The summed E-state index contributed by atoms with van der Waals surface area (Å²) in [6.07, 6.45) is 0. The zero-order valence-corrected chi connectivity index (χ0v) is 12.1. The van der Waals surface area contributed by atoms with Gasteiger partial charge >= 0.3 is 0 Å². The van der Waals surface area contributed by atoms with Crippen molar-refractivity contribution in [2.24, 2.45) is 0 Å². The van der Waals surface area contributed by atoms with Gasteiger partial charge in [0.1, 0.15) is 5.75 Å². The summed E-state index contributed by atoms with van der Waals surface area (Å²) < 4.78 is 5.16. The summed E-state index contributed by atoms with van der Waals surface area (Å²) in [4.78, 5) is 12.2. The van der Waals surface area contributed by atoms with Crippen molar-refractivity contribution in [1.82, 2.24) is 0 Å². The molecule has 2 aromatic rings. The molecule has 2 rings (SSSR count). The number of hydrogen-bond donors (Lipinski definition) is 2. The Balaban J connectivity index is 2.32. The summed E-state index contributed by atoms with van der Waals surface area (Å²) in [5, 5.41) is 3.62. The van der Waals surface area contributed by atoms with E-state index in [1.807, 2.05) is 0 Å². The summed E-state index contributed by atoms with van der Waals surface area (Å²) in [5.74, 6) is 0.119. The Bertz CT molecular complexity index is 660. The van der Waals surface area contributed by atoms with Gasteiger partial charge in [0.25, 0.3) is 5.91 Å². The van der Waals surface area contributed by atoms with Crippen molar-refractivity contribution in [3.8, 4) is 5.75 Å². The number of nitrogens with one attached hydrogen (secondary N) is 1. The lowest BCUT2D eigenvalue weighted by molar-refractivity contribution is 0.102. The van der Waals surface area contributed by atoms with Crippen LogP contribution in [0, 0.1) is 0 Å². The van der Waals surface area contributed by atoms with Crippen LogP contribution in [0.3, 0.4) is 0 Å². The van der Waals surface area contributed by atoms with Gasteiger partial charge in [-0.2, -0.15) is 0 Å². The zero-order chi connectivity index (χ0) is 14.7. The number of hydrogen-bond acceptors (Lipinski definition) is 3. The number of carbonyl (C=O) groups excluding carboxylic acids is 1. The molecule has 0 atom stereocenters. The summed E-state index contributed by atoms with van der Waals surface area (Å²) in [5.41, 5.74) is 6.86. The molecule has 0 aliphatic carbocycles. The van der Waals surface area contributed by atoms with Crippen molar-refractivity contribution in [2.75, 3.05) is 18.2 Å². The van der Waals surface area contributed by atoms with Crippen LogP contribution in [0.25, 0.3) is 0 Å². The fourth-order valence-corrected chi connectivity index (χ4v) is 2.04. The molecule has 0 aliphatic rings. The van der Waals surface area contributed by atoms with E-state index in [2.05, 4.69) is 5.32 Å². The van der Waals surface area contributed by atoms with Gasteiger partial charge < -0.3 is 15.8 Å². The summed E-state index contributed by atoms with van der Waals surface area (Å²) in [6.45, 7) is 0. The van der Waals surface area contributed by atoms with E-state index in [0.29, 0.717) is 32.7 Å². The van der Waals surface area contributed by atoms with Crippen LogP contribution in [-0.2, 0) is 0 Å². The Labute approximate surface area is 126 Å². The van der Waals surface area contributed by atoms with Gasteiger partial charge in [-0.15, -0.1) is 0 Å². The van der Waals surface area contributed by atoms with E-state index in [4.69, 9.17) is 33.7 Å². The maximum atomic E-state index is 12.2. The van der Waals surface area contributed by atoms with Gasteiger partial charge in [0.15, 0.2) is 0 Å². The normalized spacial score (nSPS) is 10.2. The number of amides is 1. The van der Waals surface area contributed by atoms with Crippen LogP contribution in [0.2, 0.25) is 10.0 Å². The highest BCUT2D eigenvalue weighted by molar-refractivity contribution is 6.31. The van der Waals surface area contributed by atoms with Crippen molar-refractivity contribution in [3.63, 3.8) is 0 Å². The van der Waals surface area contributed by atoms with Gasteiger partial charge in [-0.25, -0.2) is 0 Å². The fraction of sp³-hybridized carbons (Fsp3) is 0.0714. The molecule has 0 radical (unpaired) electrons. The van der Waals surface area contributed by atoms with Crippen LogP contribution in [0.5, 0.6) is 5.75 Å². The van der Waals surface area contributed by atoms with Crippen molar-refractivity contribution in [1.29, 1.82) is 0 Å². The highest BCUT2D eigenvalue weighted by Gasteiger charge is 2.13. The molecule has 0 bridgehead atoms. The molecule has 1 amide bonds. The molecule has 0 saturated heterocycles. The molecule has 6 heteroatoms. The molecule has 104 valence electrons. The number of benzene rings is 2. The van der Waals surface area contributed by atoms with Crippen LogP contribution in [0.4, 0.5) is 11.4 Å². The Hall–Kier alpha value is -1.91. The number of methoxy groups -OCH3 is 1. The first-order valence-corrected chi connectivity index (χ1v) is 6.47. The topological polar surface area (TPSA) is 64.3 Å². The fourth-order valence-electron chi connectivity index (χ4n) is 1.69. The van der Waals surface area contributed by atoms with E-state index in [1.54, 1.807) is 30.3 Å². The number of halogens is 2. The van der Waals surface area contributed by atoms with Gasteiger partial charge in [0.2, 0.25) is 0 Å². The lowest BCUT2D eigenvalue weighted by atomic mass is 10.1. The molecule has 0 fully saturated rings. The van der Waals surface area contributed by atoms with Gasteiger partial charge in [0.05, 0.1) is 18.4 Å². The van der Waals surface area contributed by atoms with Crippen molar-refractivity contribution in [2.45, 2.75) is 0 Å². The maximum absolute atomic E-state index is 12.2. The second-order valence-corrected chi connectivity index (χ2v) is 4.90. The van der Waals surface area contributed by atoms with Crippen LogP contribution in [0.1, 0.15) is 10.4 Å². The summed E-state index contributed by atoms with van der Waals surface area (Å²) >= 11 is 11.8. The van der Waals surface area contributed by atoms with Gasteiger partial charge in [-0.05, 0) is 36.4 Å². The number of nitrogen functional groups attached to an aromatic ring is 1. The number of rotatable bonds is 3. The average Bonchev–Trinajstić information content (AvgIpc) is 2.41. The zero-order valence-electron chi connectivity index (χ0n) is 10.6. The largest absolute Gasteiger partial charge is 0.495 e. The minimum Gasteiger partial charge on any atom is -0.495 e. The van der Waals surface area contributed by atoms with Gasteiger partial charge in [0, 0.05) is 15.7 Å². The quantitative estimate of drug-likeness (QED) is 0.847. The molecule has 0 saturated carbocycles. The number of nitrogens with two attached hydrogens (primary N) is 1. The molecule has 4 nitrogen and oxygen atoms in total. The molecule has 0 aliphatic heterocycles. The van der Waals surface area contributed by atoms with Crippen LogP contribution in [-0.4, -0.2) is 13.0 Å². The highest BCUT2D eigenvalue weighted by atomic mass is 35.5. The molecule has 20 heavy (non-hydrogen) atoms. The second kappa shape index (κ2) is 6.03. The molecule has 0 spiro atoms. The molecular weight excluding hydrogens is 299 g/mol. The lowest BCUT2D eigenvalue weighted by Crippen LogP contribution is -2.14. The van der Waals surface area contributed by atoms with E-state index in [0.717, 1.165) is 0 Å². The Kier molecular flexibility index (Phi) is 4.37. The van der Waals surface area contributed by atoms with Crippen molar-refractivity contribution in [3.05, 3.63) is 52.0 Å². The summed E-state index contributed by atoms with van der Waals surface area (Å²) in [6, 6.07) is 9.63. The number of ether oxygens (including phenoxy) is 1. The minimum absolute atomic E-state index is 0.291. The predicted octanol–water partition coefficient (Wildman–Crippen LogP) is 3.84.